The van der Waals surface area contributed by atoms with Crippen molar-refractivity contribution < 1.29 is 19.1 Å². The quantitative estimate of drug-likeness (QED) is 0.532. The molecular weight excluding hydrogens is 400 g/mol. The number of rotatable bonds is 8. The number of hydrogen-bond acceptors (Lipinski definition) is 5. The molecule has 7 heteroatoms. The fourth-order valence-electron chi connectivity index (χ4n) is 2.72. The molecule has 0 saturated carbocycles. The maximum Gasteiger partial charge on any atom is 0.265 e. The number of nitrogens with one attached hydrogen (secondary N) is 2. The summed E-state index contributed by atoms with van der Waals surface area (Å²) in [6.45, 7) is 1.76. The third kappa shape index (κ3) is 5.71. The zero-order chi connectivity index (χ0) is 21.3. The fourth-order valence-corrected chi connectivity index (χ4v) is 3.33. The summed E-state index contributed by atoms with van der Waals surface area (Å²) in [6.07, 6.45) is 3.88. The maximum atomic E-state index is 12.3. The number of carbonyl (C=O) groups excluding carboxylic acids is 2. The predicted octanol–water partition coefficient (Wildman–Crippen LogP) is 5.06. The van der Waals surface area contributed by atoms with Crippen LogP contribution in [0.15, 0.2) is 66.1 Å². The molecule has 3 rings (SSSR count). The van der Waals surface area contributed by atoms with E-state index in [0.717, 1.165) is 5.56 Å². The third-order valence-electron chi connectivity index (χ3n) is 4.05. The number of amides is 2. The molecule has 1 heterocycles. The zero-order valence-corrected chi connectivity index (χ0v) is 17.5. The Labute approximate surface area is 179 Å². The van der Waals surface area contributed by atoms with Gasteiger partial charge in [-0.2, -0.15) is 0 Å². The van der Waals surface area contributed by atoms with Gasteiger partial charge >= 0.3 is 0 Å². The van der Waals surface area contributed by atoms with E-state index in [9.17, 15) is 9.59 Å². The smallest absolute Gasteiger partial charge is 0.265 e. The van der Waals surface area contributed by atoms with Crippen LogP contribution in [0, 0.1) is 0 Å². The van der Waals surface area contributed by atoms with Gasteiger partial charge in [-0.15, -0.1) is 11.3 Å². The first-order chi connectivity index (χ1) is 14.6. The highest BCUT2D eigenvalue weighted by atomic mass is 32.1. The van der Waals surface area contributed by atoms with E-state index in [2.05, 4.69) is 10.6 Å². The van der Waals surface area contributed by atoms with Crippen LogP contribution in [0.1, 0.15) is 22.2 Å². The third-order valence-corrected chi connectivity index (χ3v) is 4.92. The SMILES string of the molecule is C/C=C/c1ccc(OCC(=O)Nc2cccc(NC(=O)c3cccs3)c2)c(OC)c1. The molecule has 0 bridgehead atoms. The summed E-state index contributed by atoms with van der Waals surface area (Å²) >= 11 is 1.36. The van der Waals surface area contributed by atoms with Crippen LogP contribution in [0.5, 0.6) is 11.5 Å². The van der Waals surface area contributed by atoms with Crippen LogP contribution in [0.25, 0.3) is 6.08 Å². The number of hydrogen-bond donors (Lipinski definition) is 2. The van der Waals surface area contributed by atoms with Gasteiger partial charge in [0.1, 0.15) is 0 Å². The number of thiophene rings is 1. The Bertz CT molecular complexity index is 1050. The first-order valence-corrected chi connectivity index (χ1v) is 10.2. The molecule has 154 valence electrons. The van der Waals surface area contributed by atoms with Crippen molar-refractivity contribution in [2.24, 2.45) is 0 Å². The first-order valence-electron chi connectivity index (χ1n) is 9.27. The molecule has 30 heavy (non-hydrogen) atoms. The molecule has 0 unspecified atom stereocenters. The van der Waals surface area contributed by atoms with Gasteiger partial charge in [0.25, 0.3) is 11.8 Å². The summed E-state index contributed by atoms with van der Waals surface area (Å²) in [5.74, 6) is 0.524. The van der Waals surface area contributed by atoms with Gasteiger partial charge in [-0.3, -0.25) is 9.59 Å². The molecule has 0 aliphatic rings. The first kappa shape index (κ1) is 21.1. The molecule has 1 aromatic heterocycles. The Hall–Kier alpha value is -3.58. The Morgan fingerprint density at radius 3 is 2.50 bits per heavy atom. The second-order valence-electron chi connectivity index (χ2n) is 6.26. The van der Waals surface area contributed by atoms with Crippen molar-refractivity contribution in [3.63, 3.8) is 0 Å². The molecule has 0 aliphatic heterocycles. The number of benzene rings is 2. The van der Waals surface area contributed by atoms with Crippen molar-refractivity contribution in [3.8, 4) is 11.5 Å². The van der Waals surface area contributed by atoms with Crippen LogP contribution in [-0.4, -0.2) is 25.5 Å². The van der Waals surface area contributed by atoms with Crippen LogP contribution >= 0.6 is 11.3 Å². The van der Waals surface area contributed by atoms with Gasteiger partial charge < -0.3 is 20.1 Å². The van der Waals surface area contributed by atoms with Crippen LogP contribution in [0.4, 0.5) is 11.4 Å². The van der Waals surface area contributed by atoms with E-state index in [1.807, 2.05) is 42.7 Å². The zero-order valence-electron chi connectivity index (χ0n) is 16.7. The van der Waals surface area contributed by atoms with Crippen molar-refractivity contribution >= 4 is 40.6 Å². The minimum absolute atomic E-state index is 0.175. The second-order valence-corrected chi connectivity index (χ2v) is 7.21. The number of allylic oxidation sites excluding steroid dienone is 1. The van der Waals surface area contributed by atoms with Gasteiger partial charge in [0.2, 0.25) is 0 Å². The van der Waals surface area contributed by atoms with Crippen molar-refractivity contribution in [2.45, 2.75) is 6.92 Å². The monoisotopic (exact) mass is 422 g/mol. The normalized spacial score (nSPS) is 10.6. The average Bonchev–Trinajstić information content (AvgIpc) is 3.28. The summed E-state index contributed by atoms with van der Waals surface area (Å²) in [6, 6.07) is 16.0. The van der Waals surface area contributed by atoms with Crippen LogP contribution in [0.2, 0.25) is 0 Å². The molecule has 0 saturated heterocycles. The van der Waals surface area contributed by atoms with Crippen LogP contribution < -0.4 is 20.1 Å². The minimum Gasteiger partial charge on any atom is -0.493 e. The molecule has 2 N–H and O–H groups in total. The molecule has 0 fully saturated rings. The predicted molar refractivity (Wildman–Crippen MR) is 121 cm³/mol. The van der Waals surface area contributed by atoms with E-state index >= 15 is 0 Å². The lowest BCUT2D eigenvalue weighted by molar-refractivity contribution is -0.118. The van der Waals surface area contributed by atoms with E-state index in [1.54, 1.807) is 43.5 Å². The van der Waals surface area contributed by atoms with Crippen molar-refractivity contribution in [1.82, 2.24) is 0 Å². The van der Waals surface area contributed by atoms with E-state index in [1.165, 1.54) is 11.3 Å². The van der Waals surface area contributed by atoms with Crippen molar-refractivity contribution in [1.29, 1.82) is 0 Å². The van der Waals surface area contributed by atoms with Gasteiger partial charge in [-0.05, 0) is 54.3 Å². The highest BCUT2D eigenvalue weighted by Gasteiger charge is 2.10. The van der Waals surface area contributed by atoms with E-state index in [-0.39, 0.29) is 18.4 Å². The Kier molecular flexibility index (Phi) is 7.24. The van der Waals surface area contributed by atoms with E-state index < -0.39 is 0 Å². The van der Waals surface area contributed by atoms with Crippen LogP contribution in [0.3, 0.4) is 0 Å². The molecular formula is C23H22N2O4S. The van der Waals surface area contributed by atoms with Crippen LogP contribution in [-0.2, 0) is 4.79 Å². The maximum absolute atomic E-state index is 12.3. The van der Waals surface area contributed by atoms with Crippen molar-refractivity contribution in [3.05, 3.63) is 76.5 Å². The van der Waals surface area contributed by atoms with Gasteiger partial charge in [0, 0.05) is 11.4 Å². The fraction of sp³-hybridized carbons (Fsp3) is 0.130. The highest BCUT2D eigenvalue weighted by Crippen LogP contribution is 2.28. The molecule has 0 aliphatic carbocycles. The Morgan fingerprint density at radius 1 is 1.00 bits per heavy atom. The number of carbonyl (C=O) groups is 2. The second kappa shape index (κ2) is 10.3. The number of ether oxygens (including phenoxy) is 2. The number of anilines is 2. The lowest BCUT2D eigenvalue weighted by Crippen LogP contribution is -2.20. The molecule has 3 aromatic rings. The largest absolute Gasteiger partial charge is 0.493 e. The molecule has 0 atom stereocenters. The van der Waals surface area contributed by atoms with Gasteiger partial charge in [-0.1, -0.05) is 30.4 Å². The van der Waals surface area contributed by atoms with E-state index in [0.29, 0.717) is 27.8 Å². The Balaban J connectivity index is 1.58. The van der Waals surface area contributed by atoms with E-state index in [4.69, 9.17) is 9.47 Å². The average molecular weight is 423 g/mol. The van der Waals surface area contributed by atoms with Gasteiger partial charge in [0.05, 0.1) is 12.0 Å². The molecule has 2 aromatic carbocycles. The molecule has 0 radical (unpaired) electrons. The minimum atomic E-state index is -0.323. The molecule has 6 nitrogen and oxygen atoms in total. The summed E-state index contributed by atoms with van der Waals surface area (Å²) in [7, 11) is 1.55. The van der Waals surface area contributed by atoms with Gasteiger partial charge in [-0.25, -0.2) is 0 Å². The summed E-state index contributed by atoms with van der Waals surface area (Å²) in [4.78, 5) is 25.1. The Morgan fingerprint density at radius 2 is 1.80 bits per heavy atom. The van der Waals surface area contributed by atoms with Gasteiger partial charge in [0.15, 0.2) is 18.1 Å². The topological polar surface area (TPSA) is 76.7 Å². The lowest BCUT2D eigenvalue weighted by Gasteiger charge is -2.12. The summed E-state index contributed by atoms with van der Waals surface area (Å²) < 4.78 is 10.9. The molecule has 2 amide bonds. The highest BCUT2D eigenvalue weighted by molar-refractivity contribution is 7.12. The lowest BCUT2D eigenvalue weighted by atomic mass is 10.2. The standard InChI is InChI=1S/C23H22N2O4S/c1-3-6-16-10-11-19(20(13-16)28-2)29-15-22(26)24-17-7-4-8-18(14-17)25-23(27)21-9-5-12-30-21/h3-14H,15H2,1-2H3,(H,24,26)(H,25,27)/b6-3+. The summed E-state index contributed by atoms with van der Waals surface area (Å²) in [5, 5.41) is 7.42. The molecule has 0 spiro atoms. The number of methoxy groups -OCH3 is 1. The summed E-state index contributed by atoms with van der Waals surface area (Å²) in [5.41, 5.74) is 2.13. The van der Waals surface area contributed by atoms with Crippen molar-refractivity contribution in [2.75, 3.05) is 24.4 Å².